The van der Waals surface area contributed by atoms with Gasteiger partial charge in [-0.05, 0) is 18.6 Å². The van der Waals surface area contributed by atoms with Gasteiger partial charge >= 0.3 is 0 Å². The van der Waals surface area contributed by atoms with E-state index in [1.807, 2.05) is 0 Å². The molecule has 0 aromatic heterocycles. The van der Waals surface area contributed by atoms with Crippen LogP contribution in [0.5, 0.6) is 0 Å². The molecule has 3 nitrogen and oxygen atoms in total. The molecular weight excluding hydrogens is 250 g/mol. The maximum absolute atomic E-state index is 11.9. The Kier molecular flexibility index (Phi) is 4.02. The number of benzene rings is 1. The summed E-state index contributed by atoms with van der Waals surface area (Å²) < 4.78 is 0. The Morgan fingerprint density at radius 3 is 2.67 bits per heavy atom. The molecule has 0 spiro atoms. The third-order valence-corrected chi connectivity index (χ3v) is 3.50. The second-order valence-electron chi connectivity index (χ2n) is 4.48. The van der Waals surface area contributed by atoms with Crippen molar-refractivity contribution in [2.24, 2.45) is 0 Å². The molecule has 0 bridgehead atoms. The van der Waals surface area contributed by atoms with E-state index in [0.717, 1.165) is 25.7 Å². The first-order valence-electron chi connectivity index (χ1n) is 6.31. The summed E-state index contributed by atoms with van der Waals surface area (Å²) in [6, 6.07) is 5.20. The fourth-order valence-electron chi connectivity index (χ4n) is 2.22. The number of Topliss-reactive ketones (excluding diaryl/α,β-unsaturated/α-hetero) is 1. The molecule has 1 heterocycles. The predicted molar refractivity (Wildman–Crippen MR) is 72.3 cm³/mol. The number of hydrogen-bond acceptors (Lipinski definition) is 2. The molecule has 0 atom stereocenters. The Hall–Kier alpha value is -1.35. The first-order valence-corrected chi connectivity index (χ1v) is 6.69. The molecule has 18 heavy (non-hydrogen) atoms. The van der Waals surface area contributed by atoms with Crippen LogP contribution >= 0.6 is 11.6 Å². The highest BCUT2D eigenvalue weighted by Crippen LogP contribution is 2.34. The van der Waals surface area contributed by atoms with Gasteiger partial charge in [-0.2, -0.15) is 0 Å². The smallest absolute Gasteiger partial charge is 0.299 e. The fourth-order valence-corrected chi connectivity index (χ4v) is 2.48. The molecule has 1 amide bonds. The number of halogens is 1. The Labute approximate surface area is 112 Å². The van der Waals surface area contributed by atoms with Gasteiger partial charge in [-0.15, -0.1) is 0 Å². The first-order chi connectivity index (χ1) is 8.66. The van der Waals surface area contributed by atoms with Gasteiger partial charge in [0, 0.05) is 6.54 Å². The molecule has 0 N–H and O–H groups in total. The normalized spacial score (nSPS) is 14.2. The minimum Gasteiger partial charge on any atom is -0.305 e. The lowest BCUT2D eigenvalue weighted by molar-refractivity contribution is -0.114. The lowest BCUT2D eigenvalue weighted by Crippen LogP contribution is -2.30. The van der Waals surface area contributed by atoms with Crippen LogP contribution in [0.4, 0.5) is 5.69 Å². The molecule has 4 heteroatoms. The van der Waals surface area contributed by atoms with Crippen molar-refractivity contribution >= 4 is 29.0 Å². The van der Waals surface area contributed by atoms with Gasteiger partial charge in [-0.1, -0.05) is 43.9 Å². The Bertz CT molecular complexity index is 485. The van der Waals surface area contributed by atoms with E-state index in [0.29, 0.717) is 22.8 Å². The van der Waals surface area contributed by atoms with E-state index < -0.39 is 11.7 Å². The lowest BCUT2D eigenvalue weighted by Gasteiger charge is -2.16. The summed E-state index contributed by atoms with van der Waals surface area (Å²) >= 11 is 5.98. The van der Waals surface area contributed by atoms with Gasteiger partial charge in [0.15, 0.2) is 0 Å². The monoisotopic (exact) mass is 265 g/mol. The second kappa shape index (κ2) is 5.53. The highest BCUT2D eigenvalue weighted by atomic mass is 35.5. The van der Waals surface area contributed by atoms with Crippen LogP contribution < -0.4 is 4.90 Å². The molecule has 0 fully saturated rings. The number of carbonyl (C=O) groups is 2. The van der Waals surface area contributed by atoms with E-state index in [1.165, 1.54) is 0 Å². The highest BCUT2D eigenvalue weighted by molar-refractivity contribution is 6.55. The van der Waals surface area contributed by atoms with Gasteiger partial charge < -0.3 is 4.90 Å². The summed E-state index contributed by atoms with van der Waals surface area (Å²) in [7, 11) is 0. The van der Waals surface area contributed by atoms with Gasteiger partial charge in [-0.25, -0.2) is 0 Å². The Balaban J connectivity index is 2.16. The van der Waals surface area contributed by atoms with E-state index in [4.69, 9.17) is 11.6 Å². The number of anilines is 1. The van der Waals surface area contributed by atoms with Crippen LogP contribution in [0.15, 0.2) is 18.2 Å². The van der Waals surface area contributed by atoms with Crippen molar-refractivity contribution in [1.82, 2.24) is 0 Å². The third-order valence-electron chi connectivity index (χ3n) is 3.18. The molecule has 2 rings (SSSR count). The number of carbonyl (C=O) groups excluding carboxylic acids is 2. The van der Waals surface area contributed by atoms with Crippen molar-refractivity contribution in [2.45, 2.75) is 32.6 Å². The molecule has 1 aromatic rings. The molecule has 96 valence electrons. The standard InChI is InChI=1S/C14H16ClNO2/c1-2-3-4-5-9-16-11-8-6-7-10(15)12(11)13(17)14(16)18/h6-8H,2-5,9H2,1H3. The molecule has 0 saturated carbocycles. The Morgan fingerprint density at radius 1 is 1.17 bits per heavy atom. The number of ketones is 1. The first kappa shape index (κ1) is 13.1. The average molecular weight is 266 g/mol. The van der Waals surface area contributed by atoms with Crippen LogP contribution in [0.25, 0.3) is 0 Å². The van der Waals surface area contributed by atoms with Crippen molar-refractivity contribution in [3.8, 4) is 0 Å². The summed E-state index contributed by atoms with van der Waals surface area (Å²) in [5.74, 6) is -0.930. The molecule has 0 aliphatic carbocycles. The summed E-state index contributed by atoms with van der Waals surface area (Å²) in [5, 5.41) is 0.363. The fraction of sp³-hybridized carbons (Fsp3) is 0.429. The van der Waals surface area contributed by atoms with E-state index in [2.05, 4.69) is 6.92 Å². The van der Waals surface area contributed by atoms with Gasteiger partial charge in [0.2, 0.25) is 0 Å². The number of hydrogen-bond donors (Lipinski definition) is 0. The second-order valence-corrected chi connectivity index (χ2v) is 4.89. The number of nitrogens with zero attached hydrogens (tertiary/aromatic N) is 1. The van der Waals surface area contributed by atoms with E-state index >= 15 is 0 Å². The number of amides is 1. The number of rotatable bonds is 5. The van der Waals surface area contributed by atoms with Crippen molar-refractivity contribution in [1.29, 1.82) is 0 Å². The molecule has 0 unspecified atom stereocenters. The minimum absolute atomic E-state index is 0.361. The Morgan fingerprint density at radius 2 is 1.94 bits per heavy atom. The summed E-state index contributed by atoms with van der Waals surface area (Å²) in [5.41, 5.74) is 1.02. The zero-order chi connectivity index (χ0) is 13.1. The summed E-state index contributed by atoms with van der Waals surface area (Å²) in [4.78, 5) is 25.3. The third kappa shape index (κ3) is 2.27. The molecule has 1 aromatic carbocycles. The van der Waals surface area contributed by atoms with Crippen molar-refractivity contribution in [3.63, 3.8) is 0 Å². The largest absolute Gasteiger partial charge is 0.305 e. The van der Waals surface area contributed by atoms with Crippen LogP contribution in [0.3, 0.4) is 0 Å². The quantitative estimate of drug-likeness (QED) is 0.604. The zero-order valence-electron chi connectivity index (χ0n) is 10.4. The van der Waals surface area contributed by atoms with Crippen molar-refractivity contribution in [3.05, 3.63) is 28.8 Å². The lowest BCUT2D eigenvalue weighted by atomic mass is 10.1. The van der Waals surface area contributed by atoms with Crippen LogP contribution in [0.1, 0.15) is 43.0 Å². The molecule has 1 aliphatic rings. The van der Waals surface area contributed by atoms with Crippen LogP contribution in [-0.2, 0) is 4.79 Å². The van der Waals surface area contributed by atoms with Gasteiger partial charge in [0.05, 0.1) is 16.3 Å². The molecule has 0 saturated heterocycles. The van der Waals surface area contributed by atoms with E-state index in [-0.39, 0.29) is 0 Å². The van der Waals surface area contributed by atoms with Crippen molar-refractivity contribution < 1.29 is 9.59 Å². The topological polar surface area (TPSA) is 37.4 Å². The molecular formula is C14H16ClNO2. The predicted octanol–water partition coefficient (Wildman–Crippen LogP) is 3.45. The van der Waals surface area contributed by atoms with Gasteiger partial charge in [0.25, 0.3) is 11.7 Å². The van der Waals surface area contributed by atoms with Crippen LogP contribution in [-0.4, -0.2) is 18.2 Å². The van der Waals surface area contributed by atoms with E-state index in [1.54, 1.807) is 23.1 Å². The maximum atomic E-state index is 11.9. The summed E-state index contributed by atoms with van der Waals surface area (Å²) in [6.07, 6.45) is 4.29. The van der Waals surface area contributed by atoms with E-state index in [9.17, 15) is 9.59 Å². The van der Waals surface area contributed by atoms with Crippen molar-refractivity contribution in [2.75, 3.05) is 11.4 Å². The minimum atomic E-state index is -0.480. The molecule has 0 radical (unpaired) electrons. The highest BCUT2D eigenvalue weighted by Gasteiger charge is 2.36. The zero-order valence-corrected chi connectivity index (χ0v) is 11.2. The number of unbranched alkanes of at least 4 members (excludes halogenated alkanes) is 3. The molecule has 1 aliphatic heterocycles. The van der Waals surface area contributed by atoms with Crippen LogP contribution in [0.2, 0.25) is 5.02 Å². The SMILES string of the molecule is CCCCCCN1C(=O)C(=O)c2c(Cl)cccc21. The maximum Gasteiger partial charge on any atom is 0.299 e. The van der Waals surface area contributed by atoms with Gasteiger partial charge in [-0.3, -0.25) is 9.59 Å². The number of fused-ring (bicyclic) bond motifs is 1. The van der Waals surface area contributed by atoms with Gasteiger partial charge in [0.1, 0.15) is 0 Å². The average Bonchev–Trinajstić information content (AvgIpc) is 2.60. The summed E-state index contributed by atoms with van der Waals surface area (Å²) in [6.45, 7) is 2.73. The van der Waals surface area contributed by atoms with Crippen LogP contribution in [0, 0.1) is 0 Å².